The van der Waals surface area contributed by atoms with Crippen molar-refractivity contribution in [2.24, 2.45) is 0 Å². The Morgan fingerprint density at radius 1 is 0.636 bits per heavy atom. The van der Waals surface area contributed by atoms with Crippen molar-refractivity contribution in [2.75, 3.05) is 0 Å². The van der Waals surface area contributed by atoms with Crippen molar-refractivity contribution in [3.05, 3.63) is 156 Å². The lowest BCUT2D eigenvalue weighted by atomic mass is 9.99. The van der Waals surface area contributed by atoms with Crippen molar-refractivity contribution >= 4 is 59.2 Å². The first-order chi connectivity index (χ1) is 21.8. The van der Waals surface area contributed by atoms with Gasteiger partial charge in [0, 0.05) is 31.8 Å². The Morgan fingerprint density at radius 3 is 2.20 bits per heavy atom. The number of benzene rings is 6. The van der Waals surface area contributed by atoms with E-state index < -0.39 is 0 Å². The van der Waals surface area contributed by atoms with E-state index in [1.165, 1.54) is 47.5 Å². The molecule has 3 heterocycles. The van der Waals surface area contributed by atoms with E-state index in [4.69, 9.17) is 0 Å². The summed E-state index contributed by atoms with van der Waals surface area (Å²) in [6.07, 6.45) is -0.0906. The predicted octanol–water partition coefficient (Wildman–Crippen LogP) is 9.23. The molecule has 1 aliphatic heterocycles. The van der Waals surface area contributed by atoms with E-state index in [1.54, 1.807) is 0 Å². The van der Waals surface area contributed by atoms with E-state index in [0.717, 1.165) is 22.5 Å². The lowest BCUT2D eigenvalue weighted by Gasteiger charge is -2.30. The zero-order valence-corrected chi connectivity index (χ0v) is 24.4. The Morgan fingerprint density at radius 2 is 1.36 bits per heavy atom. The highest BCUT2D eigenvalue weighted by Crippen LogP contribution is 2.43. The second kappa shape index (κ2) is 9.67. The van der Waals surface area contributed by atoms with E-state index in [0.29, 0.717) is 5.56 Å². The largest absolute Gasteiger partial charge is 0.308 e. The zero-order chi connectivity index (χ0) is 29.2. The second-order valence-electron chi connectivity index (χ2n) is 11.2. The Labute approximate surface area is 257 Å². The molecule has 0 saturated heterocycles. The van der Waals surface area contributed by atoms with Gasteiger partial charge in [-0.25, -0.2) is 5.32 Å². The number of thiophene rings is 1. The van der Waals surface area contributed by atoms with Gasteiger partial charge < -0.3 is 0 Å². The van der Waals surface area contributed by atoms with Gasteiger partial charge in [0.15, 0.2) is 0 Å². The molecular formula is C39H25N4S+. The van der Waals surface area contributed by atoms with Crippen LogP contribution in [0.4, 0.5) is 0 Å². The van der Waals surface area contributed by atoms with Crippen molar-refractivity contribution in [1.82, 2.24) is 9.99 Å². The van der Waals surface area contributed by atoms with Crippen LogP contribution in [0.2, 0.25) is 0 Å². The van der Waals surface area contributed by atoms with Gasteiger partial charge in [-0.05, 0) is 53.6 Å². The van der Waals surface area contributed by atoms with E-state index in [9.17, 15) is 5.26 Å². The van der Waals surface area contributed by atoms with Crippen molar-refractivity contribution < 1.29 is 4.68 Å². The summed E-state index contributed by atoms with van der Waals surface area (Å²) in [6, 6.07) is 51.4. The standard InChI is InChI=1S/C39H24N4S/c40-24-25-17-19-26(20-18-25)28-11-8-12-29(23-28)39-41-38(27-9-2-1-3-10-27)43(39)42-34-15-6-4-13-30(34)32-21-22-33-31-14-5-7-16-35(31)44-37(33)36(32)42/h1-23,39H/p+1. The lowest BCUT2D eigenvalue weighted by molar-refractivity contribution is -0.652. The van der Waals surface area contributed by atoms with Gasteiger partial charge in [-0.1, -0.05) is 97.1 Å². The highest BCUT2D eigenvalue weighted by Gasteiger charge is 2.43. The first-order valence-corrected chi connectivity index (χ1v) is 15.5. The second-order valence-corrected chi connectivity index (χ2v) is 12.2. The van der Waals surface area contributed by atoms with E-state index in [2.05, 4.69) is 136 Å². The van der Waals surface area contributed by atoms with Crippen LogP contribution in [0, 0.1) is 11.3 Å². The van der Waals surface area contributed by atoms with Crippen LogP contribution < -0.4 is 5.32 Å². The molecule has 206 valence electrons. The molecule has 0 aliphatic carbocycles. The molecule has 1 atom stereocenters. The molecule has 5 heteroatoms. The van der Waals surface area contributed by atoms with Crippen LogP contribution in [0.1, 0.15) is 22.9 Å². The summed E-state index contributed by atoms with van der Waals surface area (Å²) in [4.78, 5) is 0. The van der Waals surface area contributed by atoms with Gasteiger partial charge in [0.1, 0.15) is 5.52 Å². The van der Waals surface area contributed by atoms with Crippen LogP contribution in [0.5, 0.6) is 0 Å². The molecule has 1 aliphatic rings. The fourth-order valence-electron chi connectivity index (χ4n) is 6.63. The molecule has 0 bridgehead atoms. The number of para-hydroxylation sites is 1. The summed E-state index contributed by atoms with van der Waals surface area (Å²) in [5, 5.41) is 18.2. The van der Waals surface area contributed by atoms with Crippen molar-refractivity contribution in [2.45, 2.75) is 6.17 Å². The molecule has 2 aromatic heterocycles. The fraction of sp³-hybridized carbons (Fsp3) is 0.0256. The minimum Gasteiger partial charge on any atom is -0.226 e. The van der Waals surface area contributed by atoms with E-state index >= 15 is 0 Å². The van der Waals surface area contributed by atoms with Gasteiger partial charge in [-0.2, -0.15) is 9.94 Å². The minimum absolute atomic E-state index is 0.0906. The van der Waals surface area contributed by atoms with E-state index in [1.807, 2.05) is 35.6 Å². The molecule has 0 radical (unpaired) electrons. The third-order valence-electron chi connectivity index (χ3n) is 8.71. The number of aromatic nitrogens is 1. The summed E-state index contributed by atoms with van der Waals surface area (Å²) in [6.45, 7) is 0. The monoisotopic (exact) mass is 581 g/mol. The molecule has 4 nitrogen and oxygen atoms in total. The summed E-state index contributed by atoms with van der Waals surface area (Å²) in [7, 11) is 0. The summed E-state index contributed by atoms with van der Waals surface area (Å²) in [5.74, 6) is 1.07. The first kappa shape index (κ1) is 24.9. The molecule has 1 unspecified atom stereocenters. The third kappa shape index (κ3) is 3.65. The third-order valence-corrected chi connectivity index (χ3v) is 9.91. The van der Waals surface area contributed by atoms with Crippen LogP contribution in [0.15, 0.2) is 140 Å². The normalized spacial score (nSPS) is 14.7. The minimum atomic E-state index is -0.0906. The molecular weight excluding hydrogens is 557 g/mol. The molecule has 0 spiro atoms. The fourth-order valence-corrected chi connectivity index (χ4v) is 7.87. The SMILES string of the molecule is N#Cc1ccc(-c2cccc(C3NC(c4ccccc4)=[N+]3n3c4ccccc4c4ccc5c6ccccc6sc5c43)c2)cc1. The molecule has 1 N–H and O–H groups in total. The Kier molecular flexibility index (Phi) is 5.46. The molecule has 44 heavy (non-hydrogen) atoms. The van der Waals surface area contributed by atoms with Gasteiger partial charge in [0.2, 0.25) is 0 Å². The smallest absolute Gasteiger partial charge is 0.226 e. The first-order valence-electron chi connectivity index (χ1n) is 14.7. The average Bonchev–Trinajstić information content (AvgIpc) is 3.61. The highest BCUT2D eigenvalue weighted by atomic mass is 32.1. The van der Waals surface area contributed by atoms with Gasteiger partial charge in [-0.15, -0.1) is 16.0 Å². The maximum atomic E-state index is 9.28. The van der Waals surface area contributed by atoms with E-state index in [-0.39, 0.29) is 6.17 Å². The maximum Gasteiger partial charge on any atom is 0.308 e. The topological polar surface area (TPSA) is 43.8 Å². The summed E-state index contributed by atoms with van der Waals surface area (Å²) in [5.41, 5.74) is 7.59. The zero-order valence-electron chi connectivity index (χ0n) is 23.6. The maximum absolute atomic E-state index is 9.28. The number of nitrogens with zero attached hydrogens (tertiary/aromatic N) is 3. The van der Waals surface area contributed by atoms with Crippen LogP contribution >= 0.6 is 11.3 Å². The molecule has 8 aromatic rings. The summed E-state index contributed by atoms with van der Waals surface area (Å²) >= 11 is 1.87. The molecule has 6 aromatic carbocycles. The van der Waals surface area contributed by atoms with Crippen LogP contribution in [-0.4, -0.2) is 15.2 Å². The Hall–Kier alpha value is -5.70. The Bertz CT molecular complexity index is 2480. The number of nitriles is 1. The Balaban J connectivity index is 1.33. The number of amidine groups is 1. The van der Waals surface area contributed by atoms with Crippen LogP contribution in [0.3, 0.4) is 0 Å². The lowest BCUT2D eigenvalue weighted by Crippen LogP contribution is -2.55. The van der Waals surface area contributed by atoms with Crippen LogP contribution in [0.25, 0.3) is 53.1 Å². The van der Waals surface area contributed by atoms with Gasteiger partial charge in [0.05, 0.1) is 27.4 Å². The van der Waals surface area contributed by atoms with Gasteiger partial charge >= 0.3 is 5.84 Å². The number of rotatable bonds is 4. The van der Waals surface area contributed by atoms with Crippen molar-refractivity contribution in [3.63, 3.8) is 0 Å². The molecule has 0 saturated carbocycles. The van der Waals surface area contributed by atoms with Gasteiger partial charge in [0.25, 0.3) is 6.17 Å². The molecule has 0 fully saturated rings. The van der Waals surface area contributed by atoms with Crippen molar-refractivity contribution in [3.8, 4) is 17.2 Å². The predicted molar refractivity (Wildman–Crippen MR) is 181 cm³/mol. The highest BCUT2D eigenvalue weighted by molar-refractivity contribution is 7.26. The number of hydrogen-bond acceptors (Lipinski definition) is 3. The number of nitrogens with one attached hydrogen (secondary N) is 1. The number of hydrogen-bond donors (Lipinski definition) is 1. The molecule has 0 amide bonds. The quantitative estimate of drug-likeness (QED) is 0.211. The molecule has 9 rings (SSSR count). The van der Waals surface area contributed by atoms with Gasteiger partial charge in [-0.3, -0.25) is 0 Å². The number of fused-ring (bicyclic) bond motifs is 7. The van der Waals surface area contributed by atoms with Crippen molar-refractivity contribution in [1.29, 1.82) is 5.26 Å². The average molecular weight is 582 g/mol. The van der Waals surface area contributed by atoms with Crippen LogP contribution in [-0.2, 0) is 0 Å². The summed E-state index contributed by atoms with van der Waals surface area (Å²) < 4.78 is 7.47.